The maximum atomic E-state index is 13.4. The fourth-order valence-corrected chi connectivity index (χ4v) is 2.31. The Morgan fingerprint density at radius 1 is 1.45 bits per heavy atom. The van der Waals surface area contributed by atoms with Crippen molar-refractivity contribution in [1.82, 2.24) is 10.2 Å². The summed E-state index contributed by atoms with van der Waals surface area (Å²) in [6.07, 6.45) is 1.12. The summed E-state index contributed by atoms with van der Waals surface area (Å²) in [7, 11) is 0. The number of halogens is 2. The molecule has 1 atom stereocenters. The number of benzene rings is 1. The minimum atomic E-state index is -0.609. The molecule has 1 fully saturated rings. The summed E-state index contributed by atoms with van der Waals surface area (Å²) in [5.41, 5.74) is 0.376. The molecule has 0 aromatic heterocycles. The Morgan fingerprint density at radius 3 is 2.90 bits per heavy atom. The molecule has 6 heteroatoms. The molecule has 2 N–H and O–H groups in total. The van der Waals surface area contributed by atoms with Gasteiger partial charge in [0.25, 0.3) is 0 Å². The zero-order valence-corrected chi connectivity index (χ0v) is 11.1. The average Bonchev–Trinajstić information content (AvgIpc) is 2.90. The maximum Gasteiger partial charge on any atom is 0.317 e. The zero-order valence-electron chi connectivity index (χ0n) is 11.1. The number of nitrogens with one attached hydrogen (secondary N) is 1. The number of hydrogen-bond donors (Lipinski definition) is 2. The van der Waals surface area contributed by atoms with Gasteiger partial charge in [-0.05, 0) is 24.5 Å². The molecule has 1 aliphatic rings. The SMILES string of the molecule is O=C(NCCc1ccc(F)cc1F)N1CCC(CO)C1. The van der Waals surface area contributed by atoms with Crippen LogP contribution in [0.5, 0.6) is 0 Å². The fraction of sp³-hybridized carbons (Fsp3) is 0.500. The van der Waals surface area contributed by atoms with Gasteiger partial charge in [-0.2, -0.15) is 0 Å². The van der Waals surface area contributed by atoms with Crippen LogP contribution in [0.25, 0.3) is 0 Å². The van der Waals surface area contributed by atoms with Gasteiger partial charge in [-0.1, -0.05) is 6.07 Å². The number of carbonyl (C=O) groups is 1. The molecular weight excluding hydrogens is 266 g/mol. The van der Waals surface area contributed by atoms with E-state index in [0.717, 1.165) is 12.5 Å². The lowest BCUT2D eigenvalue weighted by Crippen LogP contribution is -2.39. The van der Waals surface area contributed by atoms with Gasteiger partial charge < -0.3 is 15.3 Å². The van der Waals surface area contributed by atoms with Gasteiger partial charge in [0.05, 0.1) is 0 Å². The maximum absolute atomic E-state index is 13.4. The van der Waals surface area contributed by atoms with Crippen molar-refractivity contribution in [3.8, 4) is 0 Å². The van der Waals surface area contributed by atoms with E-state index in [1.807, 2.05) is 0 Å². The number of amides is 2. The first-order valence-electron chi connectivity index (χ1n) is 6.67. The third-order valence-corrected chi connectivity index (χ3v) is 3.52. The van der Waals surface area contributed by atoms with Crippen LogP contribution in [-0.2, 0) is 6.42 Å². The smallest absolute Gasteiger partial charge is 0.317 e. The van der Waals surface area contributed by atoms with Gasteiger partial charge in [-0.3, -0.25) is 0 Å². The van der Waals surface area contributed by atoms with Crippen molar-refractivity contribution in [2.75, 3.05) is 26.2 Å². The number of likely N-dealkylation sites (tertiary alicyclic amines) is 1. The van der Waals surface area contributed by atoms with Gasteiger partial charge in [-0.15, -0.1) is 0 Å². The first kappa shape index (κ1) is 14.7. The van der Waals surface area contributed by atoms with E-state index in [1.54, 1.807) is 4.90 Å². The highest BCUT2D eigenvalue weighted by molar-refractivity contribution is 5.74. The molecule has 1 heterocycles. The second-order valence-corrected chi connectivity index (χ2v) is 5.00. The summed E-state index contributed by atoms with van der Waals surface area (Å²) in [4.78, 5) is 13.5. The number of rotatable bonds is 4. The lowest BCUT2D eigenvalue weighted by atomic mass is 10.1. The summed E-state index contributed by atoms with van der Waals surface area (Å²) >= 11 is 0. The van der Waals surface area contributed by atoms with E-state index >= 15 is 0 Å². The number of aliphatic hydroxyl groups excluding tert-OH is 1. The third kappa shape index (κ3) is 3.66. The molecule has 0 saturated carbocycles. The predicted molar refractivity (Wildman–Crippen MR) is 70.2 cm³/mol. The van der Waals surface area contributed by atoms with Crippen LogP contribution in [-0.4, -0.2) is 42.3 Å². The van der Waals surface area contributed by atoms with Crippen molar-refractivity contribution in [3.63, 3.8) is 0 Å². The van der Waals surface area contributed by atoms with Gasteiger partial charge in [0.1, 0.15) is 11.6 Å². The topological polar surface area (TPSA) is 52.6 Å². The van der Waals surface area contributed by atoms with Gasteiger partial charge in [0, 0.05) is 38.2 Å². The quantitative estimate of drug-likeness (QED) is 0.881. The van der Waals surface area contributed by atoms with Crippen molar-refractivity contribution >= 4 is 6.03 Å². The van der Waals surface area contributed by atoms with Crippen molar-refractivity contribution in [3.05, 3.63) is 35.4 Å². The van der Waals surface area contributed by atoms with Crippen molar-refractivity contribution in [2.45, 2.75) is 12.8 Å². The van der Waals surface area contributed by atoms with Crippen molar-refractivity contribution < 1.29 is 18.7 Å². The number of urea groups is 1. The molecule has 1 saturated heterocycles. The molecule has 0 bridgehead atoms. The fourth-order valence-electron chi connectivity index (χ4n) is 2.31. The molecule has 1 aliphatic heterocycles. The van der Waals surface area contributed by atoms with Crippen LogP contribution >= 0.6 is 0 Å². The second-order valence-electron chi connectivity index (χ2n) is 5.00. The molecule has 0 spiro atoms. The van der Waals surface area contributed by atoms with Crippen molar-refractivity contribution in [2.24, 2.45) is 5.92 Å². The molecule has 4 nitrogen and oxygen atoms in total. The first-order chi connectivity index (χ1) is 9.60. The van der Waals surface area contributed by atoms with Gasteiger partial charge in [-0.25, -0.2) is 13.6 Å². The van der Waals surface area contributed by atoms with Crippen molar-refractivity contribution in [1.29, 1.82) is 0 Å². The van der Waals surface area contributed by atoms with E-state index in [9.17, 15) is 13.6 Å². The molecule has 0 aliphatic carbocycles. The van der Waals surface area contributed by atoms with E-state index < -0.39 is 11.6 Å². The number of carbonyl (C=O) groups excluding carboxylic acids is 1. The van der Waals surface area contributed by atoms with E-state index in [-0.39, 0.29) is 18.6 Å². The van der Waals surface area contributed by atoms with Gasteiger partial charge in [0.15, 0.2) is 0 Å². The van der Waals surface area contributed by atoms with Crippen LogP contribution in [0.15, 0.2) is 18.2 Å². The normalized spacial score (nSPS) is 18.4. The highest BCUT2D eigenvalue weighted by Gasteiger charge is 2.25. The van der Waals surface area contributed by atoms with Crippen LogP contribution in [0, 0.1) is 17.6 Å². The summed E-state index contributed by atoms with van der Waals surface area (Å²) < 4.78 is 26.1. The van der Waals surface area contributed by atoms with Gasteiger partial charge >= 0.3 is 6.03 Å². The lowest BCUT2D eigenvalue weighted by molar-refractivity contribution is 0.198. The Kier molecular flexibility index (Phi) is 4.89. The molecule has 1 aromatic rings. The summed E-state index contributed by atoms with van der Waals surface area (Å²) in [5, 5.41) is 11.7. The molecule has 2 rings (SSSR count). The van der Waals surface area contributed by atoms with Crippen LogP contribution < -0.4 is 5.32 Å². The predicted octanol–water partition coefficient (Wildman–Crippen LogP) is 1.53. The molecule has 0 radical (unpaired) electrons. The molecule has 1 unspecified atom stereocenters. The summed E-state index contributed by atoms with van der Waals surface area (Å²) in [6, 6.07) is 3.22. The van der Waals surface area contributed by atoms with Crippen LogP contribution in [0.3, 0.4) is 0 Å². The Balaban J connectivity index is 1.77. The standard InChI is InChI=1S/C14H18F2N2O2/c15-12-2-1-11(13(16)7-12)3-5-17-14(20)18-6-4-10(8-18)9-19/h1-2,7,10,19H,3-6,8-9H2,(H,17,20). The largest absolute Gasteiger partial charge is 0.396 e. The minimum absolute atomic E-state index is 0.0879. The van der Waals surface area contributed by atoms with E-state index in [4.69, 9.17) is 5.11 Å². The zero-order chi connectivity index (χ0) is 14.5. The molecule has 110 valence electrons. The Bertz CT molecular complexity index is 482. The van der Waals surface area contributed by atoms with Crippen LogP contribution in [0.2, 0.25) is 0 Å². The number of hydrogen-bond acceptors (Lipinski definition) is 2. The first-order valence-corrected chi connectivity index (χ1v) is 6.67. The second kappa shape index (κ2) is 6.65. The molecular formula is C14H18F2N2O2. The minimum Gasteiger partial charge on any atom is -0.396 e. The van der Waals surface area contributed by atoms with Crippen LogP contribution in [0.1, 0.15) is 12.0 Å². The number of aliphatic hydroxyl groups is 1. The summed E-state index contributed by atoms with van der Waals surface area (Å²) in [5.74, 6) is -1.06. The lowest BCUT2D eigenvalue weighted by Gasteiger charge is -2.17. The molecule has 20 heavy (non-hydrogen) atoms. The monoisotopic (exact) mass is 284 g/mol. The van der Waals surface area contributed by atoms with E-state index in [0.29, 0.717) is 31.6 Å². The average molecular weight is 284 g/mol. The highest BCUT2D eigenvalue weighted by Crippen LogP contribution is 2.15. The van der Waals surface area contributed by atoms with E-state index in [2.05, 4.69) is 5.32 Å². The number of nitrogens with zero attached hydrogens (tertiary/aromatic N) is 1. The summed E-state index contributed by atoms with van der Waals surface area (Å²) in [6.45, 7) is 1.56. The van der Waals surface area contributed by atoms with Crippen LogP contribution in [0.4, 0.5) is 13.6 Å². The van der Waals surface area contributed by atoms with E-state index in [1.165, 1.54) is 12.1 Å². The third-order valence-electron chi connectivity index (χ3n) is 3.52. The molecule has 2 amide bonds. The Morgan fingerprint density at radius 2 is 2.25 bits per heavy atom. The Labute approximate surface area is 116 Å². The molecule has 1 aromatic carbocycles. The highest BCUT2D eigenvalue weighted by atomic mass is 19.1. The Hall–Kier alpha value is -1.69. The van der Waals surface area contributed by atoms with Gasteiger partial charge in [0.2, 0.25) is 0 Å².